The fourth-order valence-electron chi connectivity index (χ4n) is 0.981. The molecule has 0 aromatic rings. The van der Waals surface area contributed by atoms with Gasteiger partial charge in [0.05, 0.1) is 0 Å². The molecular weight excluding hydrogens is 167 g/mol. The van der Waals surface area contributed by atoms with E-state index in [2.05, 4.69) is 26.5 Å². The summed E-state index contributed by atoms with van der Waals surface area (Å²) in [6.45, 7) is 10.7. The minimum absolute atomic E-state index is 1.16. The van der Waals surface area contributed by atoms with Crippen LogP contribution in [-0.2, 0) is 0 Å². The van der Waals surface area contributed by atoms with Crippen molar-refractivity contribution in [2.24, 2.45) is 0 Å². The zero-order chi connectivity index (χ0) is 9.82. The van der Waals surface area contributed by atoms with Crippen LogP contribution in [0.1, 0.15) is 20.3 Å². The van der Waals surface area contributed by atoms with Crippen molar-refractivity contribution in [1.29, 1.82) is 0 Å². The number of nitrogens with one attached hydrogen (secondary N) is 1. The van der Waals surface area contributed by atoms with Gasteiger partial charge in [0.25, 0.3) is 0 Å². The minimum Gasteiger partial charge on any atom is -0.315 e. The van der Waals surface area contributed by atoms with Crippen molar-refractivity contribution in [3.05, 3.63) is 0 Å². The third-order valence-corrected chi connectivity index (χ3v) is 1.56. The van der Waals surface area contributed by atoms with Crippen LogP contribution in [0.5, 0.6) is 0 Å². The van der Waals surface area contributed by atoms with E-state index in [0.717, 1.165) is 6.54 Å². The van der Waals surface area contributed by atoms with E-state index < -0.39 is 0 Å². The van der Waals surface area contributed by atoms with Gasteiger partial charge in [-0.1, -0.05) is 20.5 Å². The molecule has 0 spiro atoms. The molecule has 1 N–H and O–H groups in total. The van der Waals surface area contributed by atoms with Crippen LogP contribution >= 0.6 is 9.24 Å². The molecule has 0 aliphatic carbocycles. The largest absolute Gasteiger partial charge is 0.315 e. The number of rotatable bonds is 0. The lowest BCUT2D eigenvalue weighted by Crippen LogP contribution is -2.23. The van der Waals surface area contributed by atoms with Gasteiger partial charge in [-0.25, -0.2) is 0 Å². The van der Waals surface area contributed by atoms with E-state index in [9.17, 15) is 0 Å². The number of hydrogen-bond donors (Lipinski definition) is 1. The Balaban J connectivity index is 0. The Morgan fingerprint density at radius 1 is 1.08 bits per heavy atom. The number of likely N-dealkylation sites (N-methyl/N-ethyl adjacent to an activating group) is 1. The van der Waals surface area contributed by atoms with Gasteiger partial charge in [-0.2, -0.15) is 0 Å². The summed E-state index contributed by atoms with van der Waals surface area (Å²) in [7, 11) is 4.59. The van der Waals surface area contributed by atoms with Crippen molar-refractivity contribution in [2.45, 2.75) is 20.3 Å². The molecule has 1 rings (SSSR count). The first kappa shape index (κ1) is 14.9. The molecule has 1 atom stereocenters. The maximum atomic E-state index is 3.34. The average Bonchev–Trinajstić information content (AvgIpc) is 2.40. The maximum absolute atomic E-state index is 3.34. The van der Waals surface area contributed by atoms with E-state index in [1.807, 2.05) is 20.5 Å². The van der Waals surface area contributed by atoms with E-state index in [-0.39, 0.29) is 0 Å². The van der Waals surface area contributed by atoms with Gasteiger partial charge in [0.15, 0.2) is 0 Å². The van der Waals surface area contributed by atoms with Gasteiger partial charge in [0.1, 0.15) is 0 Å². The monoisotopic (exact) mass is 192 g/mol. The molecule has 1 aliphatic rings. The fraction of sp³-hybridized carbons (Fsp3) is 1.00. The number of hydrogen-bond acceptors (Lipinski definition) is 2. The molecule has 0 aromatic carbocycles. The molecule has 76 valence electrons. The van der Waals surface area contributed by atoms with Gasteiger partial charge >= 0.3 is 0 Å². The molecule has 0 radical (unpaired) electrons. The fourth-order valence-corrected chi connectivity index (χ4v) is 0.981. The first-order chi connectivity index (χ1) is 5.89. The first-order valence-corrected chi connectivity index (χ1v) is 6.02. The molecule has 2 nitrogen and oxygen atoms in total. The zero-order valence-electron chi connectivity index (χ0n) is 9.06. The lowest BCUT2D eigenvalue weighted by molar-refractivity contribution is 0.358. The molecule has 0 aromatic heterocycles. The molecule has 3 heteroatoms. The zero-order valence-corrected chi connectivity index (χ0v) is 10.2. The van der Waals surface area contributed by atoms with Crippen LogP contribution in [0.4, 0.5) is 0 Å². The highest BCUT2D eigenvalue weighted by molar-refractivity contribution is 7.15. The molecule has 1 heterocycles. The Hall–Kier alpha value is 0.350. The van der Waals surface area contributed by atoms with Crippen LogP contribution in [0.15, 0.2) is 0 Å². The van der Waals surface area contributed by atoms with Gasteiger partial charge < -0.3 is 10.2 Å². The summed E-state index contributed by atoms with van der Waals surface area (Å²) in [5.41, 5.74) is 0. The predicted molar refractivity (Wildman–Crippen MR) is 62.0 cm³/mol. The quantitative estimate of drug-likeness (QED) is 0.584. The topological polar surface area (TPSA) is 15.3 Å². The standard InChI is InChI=1S/C6H14N2.C2H6.CH5P/c1-8-5-2-3-7-4-6-8;2*1-2/h7H,2-6H2,1H3;1-2H3;2H2,1H3. The van der Waals surface area contributed by atoms with Gasteiger partial charge in [-0.3, -0.25) is 0 Å². The van der Waals surface area contributed by atoms with Crippen molar-refractivity contribution in [2.75, 3.05) is 39.9 Å². The Morgan fingerprint density at radius 2 is 1.67 bits per heavy atom. The summed E-state index contributed by atoms with van der Waals surface area (Å²) in [4.78, 5) is 2.36. The summed E-state index contributed by atoms with van der Waals surface area (Å²) in [5, 5.41) is 3.34. The van der Waals surface area contributed by atoms with E-state index >= 15 is 0 Å². The summed E-state index contributed by atoms with van der Waals surface area (Å²) < 4.78 is 0. The predicted octanol–water partition coefficient (Wildman–Crippen LogP) is 1.43. The normalized spacial score (nSPS) is 17.8. The molecule has 0 bridgehead atoms. The van der Waals surface area contributed by atoms with Crippen molar-refractivity contribution in [1.82, 2.24) is 10.2 Å². The van der Waals surface area contributed by atoms with E-state index in [4.69, 9.17) is 0 Å². The van der Waals surface area contributed by atoms with Crippen LogP contribution in [-0.4, -0.2) is 44.8 Å². The molecule has 1 unspecified atom stereocenters. The SMILES string of the molecule is CC.CN1CCCNCC1.CP. The Morgan fingerprint density at radius 3 is 2.25 bits per heavy atom. The summed E-state index contributed by atoms with van der Waals surface area (Å²) in [6.07, 6.45) is 1.30. The molecule has 0 amide bonds. The second-order valence-corrected chi connectivity index (χ2v) is 2.41. The average molecular weight is 192 g/mol. The molecule has 0 saturated carbocycles. The molecular formula is C9H25N2P. The van der Waals surface area contributed by atoms with Crippen LogP contribution < -0.4 is 5.32 Å². The highest BCUT2D eigenvalue weighted by atomic mass is 31.0. The van der Waals surface area contributed by atoms with E-state index in [0.29, 0.717) is 0 Å². The lowest BCUT2D eigenvalue weighted by atomic mass is 10.4. The summed E-state index contributed by atoms with van der Waals surface area (Å²) in [6, 6.07) is 0. The van der Waals surface area contributed by atoms with Crippen molar-refractivity contribution < 1.29 is 0 Å². The lowest BCUT2D eigenvalue weighted by Gasteiger charge is -2.09. The smallest absolute Gasteiger partial charge is 0.0104 e. The molecule has 1 aliphatic heterocycles. The van der Waals surface area contributed by atoms with Crippen LogP contribution in [0.3, 0.4) is 0 Å². The Kier molecular flexibility index (Phi) is 17.2. The third kappa shape index (κ3) is 10.3. The second-order valence-electron chi connectivity index (χ2n) is 2.41. The maximum Gasteiger partial charge on any atom is 0.0104 e. The van der Waals surface area contributed by atoms with E-state index in [1.54, 1.807) is 0 Å². The minimum atomic E-state index is 1.16. The molecule has 1 saturated heterocycles. The van der Waals surface area contributed by atoms with Crippen molar-refractivity contribution in [3.63, 3.8) is 0 Å². The molecule has 12 heavy (non-hydrogen) atoms. The van der Waals surface area contributed by atoms with Gasteiger partial charge in [0.2, 0.25) is 0 Å². The molecule has 1 fully saturated rings. The van der Waals surface area contributed by atoms with Crippen molar-refractivity contribution >= 4 is 9.24 Å². The van der Waals surface area contributed by atoms with Crippen LogP contribution in [0, 0.1) is 0 Å². The van der Waals surface area contributed by atoms with Gasteiger partial charge in [-0.15, -0.1) is 9.24 Å². The Labute approximate surface area is 80.3 Å². The van der Waals surface area contributed by atoms with Crippen LogP contribution in [0.25, 0.3) is 0 Å². The second kappa shape index (κ2) is 13.9. The van der Waals surface area contributed by atoms with Crippen LogP contribution in [0.2, 0.25) is 0 Å². The summed E-state index contributed by atoms with van der Waals surface area (Å²) >= 11 is 0. The van der Waals surface area contributed by atoms with Gasteiger partial charge in [-0.05, 0) is 26.6 Å². The number of nitrogens with zero attached hydrogens (tertiary/aromatic N) is 1. The highest BCUT2D eigenvalue weighted by Gasteiger charge is 2.00. The third-order valence-electron chi connectivity index (χ3n) is 1.56. The first-order valence-electron chi connectivity index (χ1n) is 4.86. The highest BCUT2D eigenvalue weighted by Crippen LogP contribution is 1.88. The van der Waals surface area contributed by atoms with E-state index in [1.165, 1.54) is 26.1 Å². The summed E-state index contributed by atoms with van der Waals surface area (Å²) in [5.74, 6) is 0. The van der Waals surface area contributed by atoms with Gasteiger partial charge in [0, 0.05) is 13.1 Å². The van der Waals surface area contributed by atoms with Crippen molar-refractivity contribution in [3.8, 4) is 0 Å². The Bertz CT molecular complexity index is 61.5.